The van der Waals surface area contributed by atoms with E-state index >= 15 is 0 Å². The molecule has 0 spiro atoms. The summed E-state index contributed by atoms with van der Waals surface area (Å²) in [5, 5.41) is 37.4. The number of nitrogens with zero attached hydrogens (tertiary/aromatic N) is 4. The van der Waals surface area contributed by atoms with Gasteiger partial charge in [0.25, 0.3) is 0 Å². The number of hydrogen-bond acceptors (Lipinski definition) is 4. The molecular weight excluding hydrogens is 236 g/mol. The Hall–Kier alpha value is -2.82. The molecule has 1 saturated carbocycles. The minimum absolute atomic E-state index is 0.419. The van der Waals surface area contributed by atoms with Crippen molar-refractivity contribution < 1.29 is 0 Å². The maximum Gasteiger partial charge on any atom is 0.182 e. The van der Waals surface area contributed by atoms with Crippen LogP contribution in [0.4, 0.5) is 0 Å². The van der Waals surface area contributed by atoms with Crippen molar-refractivity contribution >= 4 is 0 Å². The van der Waals surface area contributed by atoms with Gasteiger partial charge in [-0.15, -0.1) is 0 Å². The van der Waals surface area contributed by atoms with Gasteiger partial charge in [-0.1, -0.05) is 36.5 Å². The van der Waals surface area contributed by atoms with Gasteiger partial charge in [-0.2, -0.15) is 21.0 Å². The lowest BCUT2D eigenvalue weighted by Gasteiger charge is -2.53. The lowest BCUT2D eigenvalue weighted by Crippen LogP contribution is -2.62. The molecule has 2 atom stereocenters. The van der Waals surface area contributed by atoms with Crippen LogP contribution in [0.15, 0.2) is 36.5 Å². The standard InChI is InChI=1S/C15H10N4/c16-8-14(9-17)12-6-4-2-1-3-5-7-13(12)15(14,10-18)11-19/h1-2,4-7,12-13H,3H2/b2-1-,6-4-,7-5-/t12?,13-/m0/s1. The van der Waals surface area contributed by atoms with E-state index in [1.807, 2.05) is 42.5 Å². The van der Waals surface area contributed by atoms with E-state index in [0.29, 0.717) is 6.42 Å². The molecule has 2 aliphatic carbocycles. The Morgan fingerprint density at radius 1 is 0.737 bits per heavy atom. The minimum Gasteiger partial charge on any atom is -0.196 e. The minimum atomic E-state index is -1.60. The molecule has 90 valence electrons. The third kappa shape index (κ3) is 1.35. The Labute approximate surface area is 111 Å². The highest BCUT2D eigenvalue weighted by Crippen LogP contribution is 2.65. The fourth-order valence-corrected chi connectivity index (χ4v) is 2.84. The van der Waals surface area contributed by atoms with Gasteiger partial charge in [-0.3, -0.25) is 0 Å². The van der Waals surface area contributed by atoms with E-state index in [1.165, 1.54) is 0 Å². The van der Waals surface area contributed by atoms with Crippen LogP contribution < -0.4 is 0 Å². The highest BCUT2D eigenvalue weighted by molar-refractivity contribution is 5.48. The van der Waals surface area contributed by atoms with Crippen molar-refractivity contribution in [2.45, 2.75) is 6.42 Å². The van der Waals surface area contributed by atoms with E-state index in [9.17, 15) is 21.0 Å². The summed E-state index contributed by atoms with van der Waals surface area (Å²) in [6.07, 6.45) is 11.6. The van der Waals surface area contributed by atoms with Gasteiger partial charge in [0.15, 0.2) is 10.8 Å². The van der Waals surface area contributed by atoms with Crippen molar-refractivity contribution in [3.8, 4) is 24.3 Å². The molecule has 0 N–H and O–H groups in total. The maximum absolute atomic E-state index is 9.36. The zero-order chi connectivity index (χ0) is 13.9. The van der Waals surface area contributed by atoms with E-state index in [-0.39, 0.29) is 0 Å². The van der Waals surface area contributed by atoms with Crippen molar-refractivity contribution in [3.63, 3.8) is 0 Å². The SMILES string of the molecule is N#CC1(C#N)C2/C=C\C=C/C/C=C\[C@@H]2C1(C#N)C#N. The Balaban J connectivity index is 2.63. The molecule has 0 aliphatic heterocycles. The van der Waals surface area contributed by atoms with E-state index in [4.69, 9.17) is 0 Å². The average Bonchev–Trinajstić information content (AvgIpc) is 2.54. The van der Waals surface area contributed by atoms with Gasteiger partial charge in [0.05, 0.1) is 24.3 Å². The van der Waals surface area contributed by atoms with Gasteiger partial charge in [0.2, 0.25) is 0 Å². The molecule has 19 heavy (non-hydrogen) atoms. The molecule has 0 bridgehead atoms. The molecule has 1 fully saturated rings. The van der Waals surface area contributed by atoms with Crippen LogP contribution in [0, 0.1) is 68.0 Å². The molecule has 0 aromatic carbocycles. The second-order valence-corrected chi connectivity index (χ2v) is 4.59. The predicted molar refractivity (Wildman–Crippen MR) is 66.3 cm³/mol. The van der Waals surface area contributed by atoms with Gasteiger partial charge in [-0.05, 0) is 6.42 Å². The summed E-state index contributed by atoms with van der Waals surface area (Å²) in [5.41, 5.74) is -3.19. The van der Waals surface area contributed by atoms with Crippen LogP contribution in [0.3, 0.4) is 0 Å². The molecule has 0 aromatic rings. The summed E-state index contributed by atoms with van der Waals surface area (Å²) in [4.78, 5) is 0. The van der Waals surface area contributed by atoms with E-state index in [1.54, 1.807) is 18.2 Å². The van der Waals surface area contributed by atoms with Gasteiger partial charge < -0.3 is 0 Å². The molecular formula is C15H10N4. The van der Waals surface area contributed by atoms with Crippen molar-refractivity contribution in [1.82, 2.24) is 0 Å². The first kappa shape index (κ1) is 12.6. The molecule has 4 nitrogen and oxygen atoms in total. The summed E-state index contributed by atoms with van der Waals surface area (Å²) >= 11 is 0. The molecule has 0 saturated heterocycles. The lowest BCUT2D eigenvalue weighted by molar-refractivity contribution is 0.00684. The van der Waals surface area contributed by atoms with E-state index in [2.05, 4.69) is 0 Å². The number of fused-ring (bicyclic) bond motifs is 1. The van der Waals surface area contributed by atoms with Gasteiger partial charge in [0, 0.05) is 11.8 Å². The third-order valence-electron chi connectivity index (χ3n) is 3.90. The monoisotopic (exact) mass is 246 g/mol. The van der Waals surface area contributed by atoms with Crippen LogP contribution >= 0.6 is 0 Å². The van der Waals surface area contributed by atoms with Crippen molar-refractivity contribution in [1.29, 1.82) is 21.0 Å². The summed E-state index contributed by atoms with van der Waals surface area (Å²) < 4.78 is 0. The van der Waals surface area contributed by atoms with Gasteiger partial charge in [0.1, 0.15) is 0 Å². The molecule has 1 unspecified atom stereocenters. The Morgan fingerprint density at radius 3 is 1.79 bits per heavy atom. The molecule has 4 heteroatoms. The Morgan fingerprint density at radius 2 is 1.26 bits per heavy atom. The maximum atomic E-state index is 9.36. The Kier molecular flexibility index (Phi) is 2.96. The highest BCUT2D eigenvalue weighted by atomic mass is 14.7. The van der Waals surface area contributed by atoms with Gasteiger partial charge >= 0.3 is 0 Å². The second kappa shape index (κ2) is 4.45. The highest BCUT2D eigenvalue weighted by Gasteiger charge is 2.74. The fourth-order valence-electron chi connectivity index (χ4n) is 2.84. The smallest absolute Gasteiger partial charge is 0.182 e. The lowest BCUT2D eigenvalue weighted by atomic mass is 9.39. The van der Waals surface area contributed by atoms with Gasteiger partial charge in [-0.25, -0.2) is 0 Å². The molecule has 0 heterocycles. The molecule has 0 aromatic heterocycles. The first-order valence-corrected chi connectivity index (χ1v) is 5.87. The predicted octanol–water partition coefficient (Wildman–Crippen LogP) is 2.37. The first-order valence-electron chi connectivity index (χ1n) is 5.87. The van der Waals surface area contributed by atoms with Crippen molar-refractivity contribution in [2.24, 2.45) is 22.7 Å². The normalized spacial score (nSPS) is 33.9. The zero-order valence-electron chi connectivity index (χ0n) is 10.1. The number of rotatable bonds is 0. The molecule has 2 aliphatic rings. The van der Waals surface area contributed by atoms with Crippen molar-refractivity contribution in [2.75, 3.05) is 0 Å². The topological polar surface area (TPSA) is 95.2 Å². The molecule has 2 rings (SSSR count). The van der Waals surface area contributed by atoms with Crippen molar-refractivity contribution in [3.05, 3.63) is 36.5 Å². The number of nitriles is 4. The summed E-state index contributed by atoms with van der Waals surface area (Å²) in [6, 6.07) is 7.65. The third-order valence-corrected chi connectivity index (χ3v) is 3.90. The van der Waals surface area contributed by atoms with E-state index in [0.717, 1.165) is 0 Å². The zero-order valence-corrected chi connectivity index (χ0v) is 10.1. The summed E-state index contributed by atoms with van der Waals surface area (Å²) in [5.74, 6) is -0.848. The number of allylic oxidation sites excluding steroid dienone is 6. The first-order chi connectivity index (χ1) is 9.22. The second-order valence-electron chi connectivity index (χ2n) is 4.59. The van der Waals surface area contributed by atoms with Crippen LogP contribution in [0.5, 0.6) is 0 Å². The van der Waals surface area contributed by atoms with Crippen LogP contribution in [0.2, 0.25) is 0 Å². The molecule has 0 amide bonds. The largest absolute Gasteiger partial charge is 0.196 e. The average molecular weight is 246 g/mol. The quantitative estimate of drug-likeness (QED) is 0.613. The fraction of sp³-hybridized carbons (Fsp3) is 0.333. The van der Waals surface area contributed by atoms with Crippen LogP contribution in [-0.4, -0.2) is 0 Å². The van der Waals surface area contributed by atoms with E-state index < -0.39 is 22.7 Å². The number of hydrogen-bond donors (Lipinski definition) is 0. The Bertz CT molecular complexity index is 612. The molecule has 0 radical (unpaired) electrons. The van der Waals surface area contributed by atoms with Crippen LogP contribution in [0.1, 0.15) is 6.42 Å². The van der Waals surface area contributed by atoms with Crippen LogP contribution in [0.25, 0.3) is 0 Å². The summed E-state index contributed by atoms with van der Waals surface area (Å²) in [7, 11) is 0. The van der Waals surface area contributed by atoms with Crippen LogP contribution in [-0.2, 0) is 0 Å². The summed E-state index contributed by atoms with van der Waals surface area (Å²) in [6.45, 7) is 0.